The van der Waals surface area contributed by atoms with Crippen LogP contribution < -0.4 is 10.1 Å². The molecule has 2 N–H and O–H groups in total. The fraction of sp³-hybridized carbons (Fsp3) is 0.409. The molecule has 1 fully saturated rings. The lowest BCUT2D eigenvalue weighted by molar-refractivity contribution is -0.137. The van der Waals surface area contributed by atoms with Crippen molar-refractivity contribution in [1.29, 1.82) is 0 Å². The SMILES string of the molecule is O=C(O)CC1CC1c1ccc(OCCc2ccc3c(c2)NCCC3)c(F)c1F. The van der Waals surface area contributed by atoms with E-state index in [1.54, 1.807) is 0 Å². The number of anilines is 1. The maximum absolute atomic E-state index is 14.4. The van der Waals surface area contributed by atoms with Gasteiger partial charge in [-0.25, -0.2) is 4.39 Å². The Morgan fingerprint density at radius 2 is 2.07 bits per heavy atom. The van der Waals surface area contributed by atoms with Crippen LogP contribution in [-0.4, -0.2) is 24.2 Å². The minimum absolute atomic E-state index is 0.0143. The second-order valence-electron chi connectivity index (χ2n) is 7.60. The van der Waals surface area contributed by atoms with Crippen molar-refractivity contribution in [2.75, 3.05) is 18.5 Å². The fourth-order valence-electron chi connectivity index (χ4n) is 3.97. The van der Waals surface area contributed by atoms with E-state index >= 15 is 0 Å². The van der Waals surface area contributed by atoms with Gasteiger partial charge in [0.1, 0.15) is 0 Å². The van der Waals surface area contributed by atoms with Gasteiger partial charge >= 0.3 is 5.97 Å². The first-order chi connectivity index (χ1) is 13.5. The summed E-state index contributed by atoms with van der Waals surface area (Å²) in [5, 5.41) is 12.2. The average Bonchev–Trinajstić information content (AvgIpc) is 3.43. The maximum Gasteiger partial charge on any atom is 0.303 e. The molecule has 2 aliphatic rings. The molecule has 1 aliphatic heterocycles. The van der Waals surface area contributed by atoms with Crippen molar-refractivity contribution in [2.24, 2.45) is 5.92 Å². The number of aryl methyl sites for hydroxylation is 1. The second kappa shape index (κ2) is 7.78. The van der Waals surface area contributed by atoms with Crippen molar-refractivity contribution in [3.05, 3.63) is 58.7 Å². The third-order valence-electron chi connectivity index (χ3n) is 5.60. The number of ether oxygens (including phenoxy) is 1. The number of carboxylic acid groups (broad SMARTS) is 1. The van der Waals surface area contributed by atoms with Gasteiger partial charge in [0.15, 0.2) is 11.6 Å². The third kappa shape index (κ3) is 3.96. The molecule has 1 aliphatic carbocycles. The smallest absolute Gasteiger partial charge is 0.303 e. The van der Waals surface area contributed by atoms with Crippen molar-refractivity contribution in [3.63, 3.8) is 0 Å². The average molecular weight is 387 g/mol. The van der Waals surface area contributed by atoms with Gasteiger partial charge in [0.25, 0.3) is 0 Å². The Balaban J connectivity index is 1.36. The first-order valence-electron chi connectivity index (χ1n) is 9.71. The van der Waals surface area contributed by atoms with Gasteiger partial charge in [-0.05, 0) is 59.9 Å². The van der Waals surface area contributed by atoms with E-state index in [-0.39, 0.29) is 36.2 Å². The van der Waals surface area contributed by atoms with Gasteiger partial charge in [-0.15, -0.1) is 0 Å². The minimum atomic E-state index is -0.995. The van der Waals surface area contributed by atoms with E-state index in [0.717, 1.165) is 30.6 Å². The first kappa shape index (κ1) is 18.7. The largest absolute Gasteiger partial charge is 0.490 e. The molecule has 1 heterocycles. The quantitative estimate of drug-likeness (QED) is 0.733. The summed E-state index contributed by atoms with van der Waals surface area (Å²) >= 11 is 0. The molecular weight excluding hydrogens is 364 g/mol. The predicted molar refractivity (Wildman–Crippen MR) is 102 cm³/mol. The van der Waals surface area contributed by atoms with Crippen LogP contribution in [0.15, 0.2) is 30.3 Å². The van der Waals surface area contributed by atoms with E-state index in [1.807, 2.05) is 6.07 Å². The van der Waals surface area contributed by atoms with E-state index in [0.29, 0.717) is 12.8 Å². The van der Waals surface area contributed by atoms with Crippen molar-refractivity contribution < 1.29 is 23.4 Å². The first-order valence-corrected chi connectivity index (χ1v) is 9.71. The minimum Gasteiger partial charge on any atom is -0.490 e. The number of hydrogen-bond donors (Lipinski definition) is 2. The molecule has 0 bridgehead atoms. The van der Waals surface area contributed by atoms with E-state index < -0.39 is 17.6 Å². The van der Waals surface area contributed by atoms with Crippen LogP contribution in [0.3, 0.4) is 0 Å². The Morgan fingerprint density at radius 3 is 2.89 bits per heavy atom. The molecule has 148 valence electrons. The van der Waals surface area contributed by atoms with Gasteiger partial charge in [-0.1, -0.05) is 18.2 Å². The fourth-order valence-corrected chi connectivity index (χ4v) is 3.97. The van der Waals surface area contributed by atoms with E-state index in [4.69, 9.17) is 9.84 Å². The van der Waals surface area contributed by atoms with Crippen LogP contribution in [0.4, 0.5) is 14.5 Å². The van der Waals surface area contributed by atoms with Crippen molar-refractivity contribution >= 4 is 11.7 Å². The predicted octanol–water partition coefficient (Wildman–Crippen LogP) is 4.52. The number of aliphatic carboxylic acids is 1. The normalized spacial score (nSPS) is 20.2. The van der Waals surface area contributed by atoms with Crippen LogP contribution in [0.1, 0.15) is 41.9 Å². The molecule has 0 saturated heterocycles. The van der Waals surface area contributed by atoms with Gasteiger partial charge < -0.3 is 15.2 Å². The lowest BCUT2D eigenvalue weighted by Crippen LogP contribution is -2.12. The molecule has 0 amide bonds. The Labute approximate surface area is 162 Å². The lowest BCUT2D eigenvalue weighted by Gasteiger charge is -2.18. The molecule has 0 radical (unpaired) electrons. The van der Waals surface area contributed by atoms with E-state index in [1.165, 1.54) is 17.7 Å². The molecule has 6 heteroatoms. The van der Waals surface area contributed by atoms with Crippen LogP contribution in [0.5, 0.6) is 5.75 Å². The summed E-state index contributed by atoms with van der Waals surface area (Å²) in [7, 11) is 0. The number of benzene rings is 2. The van der Waals surface area contributed by atoms with Crippen molar-refractivity contribution in [2.45, 2.75) is 38.0 Å². The monoisotopic (exact) mass is 387 g/mol. The Bertz CT molecular complexity index is 900. The Kier molecular flexibility index (Phi) is 5.20. The maximum atomic E-state index is 14.4. The standard InChI is InChI=1S/C22H23F2NO3/c23-21-16(17-11-15(17)12-20(26)27)5-6-19(22(21)24)28-9-7-13-3-4-14-2-1-8-25-18(14)10-13/h3-6,10,15,17,25H,1-2,7-9,11-12H2,(H,26,27). The zero-order valence-electron chi connectivity index (χ0n) is 15.5. The number of carbonyl (C=O) groups is 1. The number of carboxylic acids is 1. The number of hydrogen-bond acceptors (Lipinski definition) is 3. The summed E-state index contributed by atoms with van der Waals surface area (Å²) in [4.78, 5) is 10.8. The molecule has 4 nitrogen and oxygen atoms in total. The zero-order chi connectivity index (χ0) is 19.7. The summed E-state index contributed by atoms with van der Waals surface area (Å²) in [6.07, 6.45) is 3.37. The number of fused-ring (bicyclic) bond motifs is 1. The number of nitrogens with one attached hydrogen (secondary N) is 1. The third-order valence-corrected chi connectivity index (χ3v) is 5.60. The number of rotatable bonds is 7. The van der Waals surface area contributed by atoms with Gasteiger partial charge in [-0.3, -0.25) is 4.79 Å². The molecule has 2 atom stereocenters. The second-order valence-corrected chi connectivity index (χ2v) is 7.60. The summed E-state index contributed by atoms with van der Waals surface area (Å²) in [5.74, 6) is -3.27. The van der Waals surface area contributed by atoms with Crippen LogP contribution >= 0.6 is 0 Å². The highest BCUT2D eigenvalue weighted by Gasteiger charge is 2.42. The van der Waals surface area contributed by atoms with Gasteiger partial charge in [-0.2, -0.15) is 4.39 Å². The number of halogens is 2. The highest BCUT2D eigenvalue weighted by Crippen LogP contribution is 2.51. The molecule has 2 aromatic carbocycles. The summed E-state index contributed by atoms with van der Waals surface area (Å²) in [6, 6.07) is 9.20. The van der Waals surface area contributed by atoms with Crippen LogP contribution in [0, 0.1) is 17.6 Å². The van der Waals surface area contributed by atoms with Crippen LogP contribution in [0.2, 0.25) is 0 Å². The van der Waals surface area contributed by atoms with Gasteiger partial charge in [0.2, 0.25) is 5.82 Å². The molecule has 2 unspecified atom stereocenters. The van der Waals surface area contributed by atoms with Crippen molar-refractivity contribution in [1.82, 2.24) is 0 Å². The van der Waals surface area contributed by atoms with Crippen LogP contribution in [0.25, 0.3) is 0 Å². The molecule has 1 saturated carbocycles. The van der Waals surface area contributed by atoms with Crippen molar-refractivity contribution in [3.8, 4) is 5.75 Å². The molecule has 2 aromatic rings. The Morgan fingerprint density at radius 1 is 1.21 bits per heavy atom. The molecular formula is C22H23F2NO3. The topological polar surface area (TPSA) is 58.6 Å². The van der Waals surface area contributed by atoms with Gasteiger partial charge in [0, 0.05) is 25.1 Å². The zero-order valence-corrected chi connectivity index (χ0v) is 15.5. The van der Waals surface area contributed by atoms with Gasteiger partial charge in [0.05, 0.1) is 6.61 Å². The highest BCUT2D eigenvalue weighted by atomic mass is 19.2. The van der Waals surface area contributed by atoms with Crippen LogP contribution in [-0.2, 0) is 17.6 Å². The molecule has 0 spiro atoms. The van der Waals surface area contributed by atoms with E-state index in [2.05, 4.69) is 17.4 Å². The summed E-state index contributed by atoms with van der Waals surface area (Å²) in [5.41, 5.74) is 3.78. The highest BCUT2D eigenvalue weighted by molar-refractivity contribution is 5.68. The Hall–Kier alpha value is -2.63. The van der Waals surface area contributed by atoms with E-state index in [9.17, 15) is 13.6 Å². The molecule has 28 heavy (non-hydrogen) atoms. The molecule has 0 aromatic heterocycles. The summed E-state index contributed by atoms with van der Waals surface area (Å²) in [6.45, 7) is 1.22. The summed E-state index contributed by atoms with van der Waals surface area (Å²) < 4.78 is 34.2. The lowest BCUT2D eigenvalue weighted by atomic mass is 10.0. The molecule has 4 rings (SSSR count).